The summed E-state index contributed by atoms with van der Waals surface area (Å²) in [5.41, 5.74) is 3.07. The number of aromatic nitrogens is 1. The van der Waals surface area contributed by atoms with E-state index < -0.39 is 0 Å². The first-order chi connectivity index (χ1) is 17.5. The summed E-state index contributed by atoms with van der Waals surface area (Å²) in [6.07, 6.45) is 9.19. The summed E-state index contributed by atoms with van der Waals surface area (Å²) < 4.78 is 3.55. The lowest BCUT2D eigenvalue weighted by atomic mass is 10.1. The molecule has 0 saturated carbocycles. The lowest BCUT2D eigenvalue weighted by molar-refractivity contribution is -0.131. The van der Waals surface area contributed by atoms with Crippen molar-refractivity contribution in [1.82, 2.24) is 14.4 Å². The molecule has 36 heavy (non-hydrogen) atoms. The summed E-state index contributed by atoms with van der Waals surface area (Å²) >= 11 is 10.5. The molecule has 5 nitrogen and oxygen atoms in total. The van der Waals surface area contributed by atoms with Gasteiger partial charge in [0.25, 0.3) is 5.91 Å². The van der Waals surface area contributed by atoms with Crippen molar-refractivity contribution >= 4 is 73.0 Å². The molecule has 2 amide bonds. The minimum Gasteiger partial charge on any atom is -0.341 e. The molecule has 8 heteroatoms. The smallest absolute Gasteiger partial charge is 0.266 e. The molecule has 0 N–H and O–H groups in total. The van der Waals surface area contributed by atoms with Crippen molar-refractivity contribution in [2.45, 2.75) is 38.6 Å². The fourth-order valence-electron chi connectivity index (χ4n) is 4.83. The van der Waals surface area contributed by atoms with Crippen LogP contribution in [0.3, 0.4) is 0 Å². The molecule has 2 aliphatic heterocycles. The number of hydrogen-bond donors (Lipinski definition) is 0. The first-order valence-corrected chi connectivity index (χ1v) is 14.4. The summed E-state index contributed by atoms with van der Waals surface area (Å²) in [6, 6.07) is 16.2. The van der Waals surface area contributed by atoms with Crippen LogP contribution in [0.2, 0.25) is 0 Å². The second-order valence-electron chi connectivity index (χ2n) is 9.24. The molecule has 3 heterocycles. The zero-order chi connectivity index (χ0) is 25.1. The fraction of sp³-hybridized carbons (Fsp3) is 0.321. The number of benzene rings is 2. The maximum atomic E-state index is 13.2. The van der Waals surface area contributed by atoms with E-state index in [0.717, 1.165) is 53.3 Å². The van der Waals surface area contributed by atoms with Gasteiger partial charge in [-0.25, -0.2) is 0 Å². The van der Waals surface area contributed by atoms with Crippen LogP contribution < -0.4 is 0 Å². The third kappa shape index (κ3) is 5.61. The second-order valence-corrected chi connectivity index (χ2v) is 11.8. The molecule has 0 aliphatic carbocycles. The Bertz CT molecular complexity index is 1330. The average Bonchev–Trinajstić information content (AvgIpc) is 3.18. The molecule has 0 atom stereocenters. The maximum absolute atomic E-state index is 13.2. The van der Waals surface area contributed by atoms with Crippen LogP contribution in [0, 0.1) is 0 Å². The van der Waals surface area contributed by atoms with E-state index in [-0.39, 0.29) is 11.8 Å². The Morgan fingerprint density at radius 3 is 2.56 bits per heavy atom. The van der Waals surface area contributed by atoms with E-state index >= 15 is 0 Å². The van der Waals surface area contributed by atoms with Crippen molar-refractivity contribution in [3.05, 3.63) is 75.2 Å². The highest BCUT2D eigenvalue weighted by Crippen LogP contribution is 2.35. The number of carbonyl (C=O) groups excluding carboxylic acids is 2. The van der Waals surface area contributed by atoms with Crippen molar-refractivity contribution < 1.29 is 9.59 Å². The SMILES string of the molecule is O=C(Cn1cc(/C=C2\SC(=S)N(CCc3ccccc3)C2=O)c2cc(Br)ccc21)N1CCCCCC1. The molecule has 0 spiro atoms. The molecule has 2 aromatic carbocycles. The van der Waals surface area contributed by atoms with Gasteiger partial charge in [0.2, 0.25) is 5.91 Å². The highest BCUT2D eigenvalue weighted by molar-refractivity contribution is 9.10. The van der Waals surface area contributed by atoms with Gasteiger partial charge in [-0.3, -0.25) is 14.5 Å². The molecule has 2 fully saturated rings. The summed E-state index contributed by atoms with van der Waals surface area (Å²) in [5.74, 6) is 0.0907. The first kappa shape index (κ1) is 25.2. The van der Waals surface area contributed by atoms with E-state index in [2.05, 4.69) is 28.1 Å². The number of amides is 2. The first-order valence-electron chi connectivity index (χ1n) is 12.3. The number of fused-ring (bicyclic) bond motifs is 1. The fourth-order valence-corrected chi connectivity index (χ4v) is 6.49. The monoisotopic (exact) mass is 581 g/mol. The Morgan fingerprint density at radius 2 is 1.81 bits per heavy atom. The van der Waals surface area contributed by atoms with Gasteiger partial charge in [0.1, 0.15) is 10.9 Å². The molecular formula is C28H28BrN3O2S2. The number of nitrogens with zero attached hydrogens (tertiary/aromatic N) is 3. The topological polar surface area (TPSA) is 45.6 Å². The van der Waals surface area contributed by atoms with Crippen molar-refractivity contribution in [2.75, 3.05) is 19.6 Å². The summed E-state index contributed by atoms with van der Waals surface area (Å²) in [6.45, 7) is 2.53. The summed E-state index contributed by atoms with van der Waals surface area (Å²) in [5, 5.41) is 1.00. The third-order valence-electron chi connectivity index (χ3n) is 6.77. The van der Waals surface area contributed by atoms with Gasteiger partial charge in [0.05, 0.1) is 4.91 Å². The third-order valence-corrected chi connectivity index (χ3v) is 8.64. The largest absolute Gasteiger partial charge is 0.341 e. The van der Waals surface area contributed by atoms with Crippen molar-refractivity contribution in [3.63, 3.8) is 0 Å². The average molecular weight is 583 g/mol. The molecule has 2 aliphatic rings. The number of thioether (sulfide) groups is 1. The molecule has 2 saturated heterocycles. The molecular weight excluding hydrogens is 554 g/mol. The minimum atomic E-state index is -0.0579. The number of halogens is 1. The quantitative estimate of drug-likeness (QED) is 0.255. The summed E-state index contributed by atoms with van der Waals surface area (Å²) in [4.78, 5) is 30.7. The molecule has 5 rings (SSSR count). The van der Waals surface area contributed by atoms with E-state index in [9.17, 15) is 9.59 Å². The van der Waals surface area contributed by atoms with Crippen molar-refractivity contribution in [1.29, 1.82) is 0 Å². The zero-order valence-corrected chi connectivity index (χ0v) is 23.2. The van der Waals surface area contributed by atoms with Crippen LogP contribution in [0.5, 0.6) is 0 Å². The van der Waals surface area contributed by atoms with Gasteiger partial charge in [-0.15, -0.1) is 0 Å². The Balaban J connectivity index is 1.39. The van der Waals surface area contributed by atoms with E-state index in [1.807, 2.05) is 58.1 Å². The lowest BCUT2D eigenvalue weighted by Crippen LogP contribution is -2.34. The minimum absolute atomic E-state index is 0.0579. The van der Waals surface area contributed by atoms with E-state index in [0.29, 0.717) is 22.3 Å². The van der Waals surface area contributed by atoms with Gasteiger partial charge in [0.15, 0.2) is 0 Å². The van der Waals surface area contributed by atoms with E-state index in [1.54, 1.807) is 4.90 Å². The number of likely N-dealkylation sites (tertiary alicyclic amines) is 1. The molecule has 1 aromatic heterocycles. The van der Waals surface area contributed by atoms with Gasteiger partial charge in [-0.1, -0.05) is 83.1 Å². The Labute approximate surface area is 229 Å². The molecule has 3 aromatic rings. The molecule has 0 bridgehead atoms. The van der Waals surface area contributed by atoms with Gasteiger partial charge in [-0.05, 0) is 49.1 Å². The number of hydrogen-bond acceptors (Lipinski definition) is 4. The summed E-state index contributed by atoms with van der Waals surface area (Å²) in [7, 11) is 0. The van der Waals surface area contributed by atoms with Gasteiger partial charge >= 0.3 is 0 Å². The standard InChI is InChI=1S/C28H28BrN3O2S2/c29-22-10-11-24-23(17-22)21(18-31(24)19-26(33)30-13-6-1-2-7-14-30)16-25-27(34)32(28(35)36-25)15-12-20-8-4-3-5-9-20/h3-5,8-11,16-18H,1-2,6-7,12-15,19H2/b25-16-. The zero-order valence-electron chi connectivity index (χ0n) is 20.0. The van der Waals surface area contributed by atoms with Crippen molar-refractivity contribution in [3.8, 4) is 0 Å². The Morgan fingerprint density at radius 1 is 1.06 bits per heavy atom. The Kier molecular flexibility index (Phi) is 7.93. The number of rotatable bonds is 6. The predicted molar refractivity (Wildman–Crippen MR) is 155 cm³/mol. The highest BCUT2D eigenvalue weighted by atomic mass is 79.9. The van der Waals surface area contributed by atoms with E-state index in [1.165, 1.54) is 30.2 Å². The second kappa shape index (κ2) is 11.3. The van der Waals surface area contributed by atoms with Crippen LogP contribution in [-0.4, -0.2) is 50.1 Å². The van der Waals surface area contributed by atoms with Gasteiger partial charge in [0, 0.05) is 46.8 Å². The lowest BCUT2D eigenvalue weighted by Gasteiger charge is -2.20. The van der Waals surface area contributed by atoms with Crippen LogP contribution >= 0.6 is 39.9 Å². The Hall–Kier alpha value is -2.42. The van der Waals surface area contributed by atoms with Crippen LogP contribution in [0.25, 0.3) is 17.0 Å². The molecule has 0 unspecified atom stereocenters. The predicted octanol–water partition coefficient (Wildman–Crippen LogP) is 6.25. The van der Waals surface area contributed by atoms with Crippen LogP contribution in [0.15, 0.2) is 64.1 Å². The van der Waals surface area contributed by atoms with Crippen molar-refractivity contribution in [2.24, 2.45) is 0 Å². The van der Waals surface area contributed by atoms with E-state index in [4.69, 9.17) is 12.2 Å². The number of thiocarbonyl (C=S) groups is 1. The number of carbonyl (C=O) groups is 2. The van der Waals surface area contributed by atoms with Gasteiger partial charge < -0.3 is 9.47 Å². The molecule has 186 valence electrons. The maximum Gasteiger partial charge on any atom is 0.266 e. The van der Waals surface area contributed by atoms with Crippen LogP contribution in [0.1, 0.15) is 36.8 Å². The highest BCUT2D eigenvalue weighted by Gasteiger charge is 2.32. The molecule has 0 radical (unpaired) electrons. The van der Waals surface area contributed by atoms with Gasteiger partial charge in [-0.2, -0.15) is 0 Å². The normalized spacial score (nSPS) is 17.9. The van der Waals surface area contributed by atoms with Crippen LogP contribution in [-0.2, 0) is 22.6 Å². The van der Waals surface area contributed by atoms with Crippen LogP contribution in [0.4, 0.5) is 0 Å².